The molecule has 3 saturated heterocycles. The fraction of sp³-hybridized carbons (Fsp3) is 0.417. The molecule has 328 valence electrons. The van der Waals surface area contributed by atoms with E-state index in [1.807, 2.05) is 83.1 Å². The SMILES string of the molecule is NCCn1c(=O)n(C2CCN(C(=O)O)[C@H](N(Cc3ccccc3)Cc3ccccc3)C2CCCc2ccccc2)c2ccccc21.O=C(O)CCCC[C@@H]1SC[C@@H]2NC(=O)N[C@@H]21. The number of amides is 3. The van der Waals surface area contributed by atoms with Gasteiger partial charge in [-0.05, 0) is 67.3 Å². The average Bonchev–Trinajstić information content (AvgIpc) is 3.93. The highest BCUT2D eigenvalue weighted by molar-refractivity contribution is 8.00. The van der Waals surface area contributed by atoms with Crippen LogP contribution in [0.5, 0.6) is 0 Å². The Balaban J connectivity index is 0.000000302. The maximum absolute atomic E-state index is 14.2. The number of imidazole rings is 1. The Bertz CT molecular complexity index is 2250. The van der Waals surface area contributed by atoms with Crippen LogP contribution in [0.15, 0.2) is 120 Å². The number of carboxylic acids is 1. The Morgan fingerprint density at radius 1 is 0.758 bits per heavy atom. The Kier molecular flexibility index (Phi) is 15.4. The molecule has 62 heavy (non-hydrogen) atoms. The monoisotopic (exact) mass is 861 g/mol. The van der Waals surface area contributed by atoms with E-state index < -0.39 is 18.2 Å². The van der Waals surface area contributed by atoms with Crippen molar-refractivity contribution >= 4 is 40.9 Å². The summed E-state index contributed by atoms with van der Waals surface area (Å²) in [5.41, 5.74) is 11.1. The number of nitrogens with two attached hydrogens (primary N) is 1. The number of rotatable bonds is 17. The molecule has 4 heterocycles. The number of hydrogen-bond acceptors (Lipinski definition) is 7. The molecule has 0 aliphatic carbocycles. The van der Waals surface area contributed by atoms with E-state index >= 15 is 0 Å². The van der Waals surface area contributed by atoms with Gasteiger partial charge in [-0.25, -0.2) is 14.4 Å². The molecule has 6 atom stereocenters. The molecule has 0 bridgehead atoms. The number of fused-ring (bicyclic) bond motifs is 2. The predicted octanol–water partition coefficient (Wildman–Crippen LogP) is 7.15. The molecule has 4 aromatic carbocycles. The van der Waals surface area contributed by atoms with E-state index in [0.29, 0.717) is 44.4 Å². The van der Waals surface area contributed by atoms with Crippen molar-refractivity contribution in [2.75, 3.05) is 18.8 Å². The number of benzene rings is 4. The number of aryl methyl sites for hydroxylation is 1. The first-order chi connectivity index (χ1) is 30.2. The zero-order valence-electron chi connectivity index (χ0n) is 35.1. The number of aromatic nitrogens is 2. The molecule has 0 spiro atoms. The molecular formula is C48H59N7O6S. The lowest BCUT2D eigenvalue weighted by atomic mass is 9.83. The molecule has 14 heteroatoms. The van der Waals surface area contributed by atoms with E-state index in [4.69, 9.17) is 10.8 Å². The third kappa shape index (κ3) is 10.9. The molecule has 0 saturated carbocycles. The summed E-state index contributed by atoms with van der Waals surface area (Å²) in [6.07, 6.45) is 4.57. The second kappa shape index (κ2) is 21.5. The first kappa shape index (κ1) is 44.5. The Morgan fingerprint density at radius 2 is 1.37 bits per heavy atom. The van der Waals surface area contributed by atoms with Crippen LogP contribution in [-0.4, -0.2) is 89.6 Å². The van der Waals surface area contributed by atoms with E-state index in [2.05, 4.69) is 64.1 Å². The lowest BCUT2D eigenvalue weighted by molar-refractivity contribution is -0.137. The van der Waals surface area contributed by atoms with Crippen molar-refractivity contribution in [3.8, 4) is 0 Å². The van der Waals surface area contributed by atoms with E-state index in [1.54, 1.807) is 9.47 Å². The van der Waals surface area contributed by atoms with Crippen molar-refractivity contribution in [1.29, 1.82) is 0 Å². The standard InChI is InChI=1S/C38H43N5O3.C10H16N2O3S/c39-24-26-41-34-21-10-11-22-35(34)43(37(41)44)33-23-25-42(38(45)46)36(32(33)20-12-19-29-13-4-1-5-14-29)40(27-30-15-6-2-7-16-30)28-31-17-8-3-9-18-31;13-8(14)4-2-1-3-7-9-6(5-16-7)11-10(15)12-9/h1-11,13-18,21-22,32-33,36H,12,19-20,23-28,39H2,(H,45,46);6-7,9H,1-5H2,(H,13,14)(H2,11,12,15)/t32?,33?,36-;6-,7-,9-/m00/s1. The minimum absolute atomic E-state index is 0.0640. The summed E-state index contributed by atoms with van der Waals surface area (Å²) in [7, 11) is 0. The quantitative estimate of drug-likeness (QED) is 0.0481. The molecule has 3 aliphatic heterocycles. The molecular weight excluding hydrogens is 803 g/mol. The topological polar surface area (TPSA) is 175 Å². The number of unbranched alkanes of at least 4 members (excludes halogenated alkanes) is 1. The maximum atomic E-state index is 14.2. The molecule has 8 rings (SSSR count). The first-order valence-electron chi connectivity index (χ1n) is 21.9. The number of urea groups is 1. The normalized spacial score (nSPS) is 21.8. The molecule has 5 aromatic rings. The second-order valence-corrected chi connectivity index (χ2v) is 17.8. The van der Waals surface area contributed by atoms with Crippen LogP contribution < -0.4 is 22.1 Å². The number of carbonyl (C=O) groups excluding carboxylic acids is 1. The van der Waals surface area contributed by atoms with Crippen LogP contribution in [0.25, 0.3) is 11.0 Å². The summed E-state index contributed by atoms with van der Waals surface area (Å²) in [6.45, 7) is 2.28. The van der Waals surface area contributed by atoms with Crippen LogP contribution in [0.4, 0.5) is 9.59 Å². The van der Waals surface area contributed by atoms with Gasteiger partial charge in [-0.15, -0.1) is 0 Å². The molecule has 13 nitrogen and oxygen atoms in total. The molecule has 6 N–H and O–H groups in total. The van der Waals surface area contributed by atoms with Gasteiger partial charge in [-0.3, -0.25) is 23.7 Å². The lowest BCUT2D eigenvalue weighted by Crippen LogP contribution is -2.59. The molecule has 3 fully saturated rings. The minimum Gasteiger partial charge on any atom is -0.481 e. The number of likely N-dealkylation sites (tertiary alicyclic amines) is 1. The Hall–Kier alpha value is -5.57. The number of nitrogens with zero attached hydrogens (tertiary/aromatic N) is 4. The molecule has 3 aliphatic rings. The predicted molar refractivity (Wildman–Crippen MR) is 244 cm³/mol. The zero-order chi connectivity index (χ0) is 43.4. The van der Waals surface area contributed by atoms with Gasteiger partial charge in [-0.2, -0.15) is 11.8 Å². The maximum Gasteiger partial charge on any atom is 0.408 e. The van der Waals surface area contributed by atoms with E-state index in [9.17, 15) is 24.3 Å². The van der Waals surface area contributed by atoms with Crippen molar-refractivity contribution in [1.82, 2.24) is 29.6 Å². The highest BCUT2D eigenvalue weighted by Gasteiger charge is 2.45. The van der Waals surface area contributed by atoms with Crippen molar-refractivity contribution < 1.29 is 24.6 Å². The van der Waals surface area contributed by atoms with Gasteiger partial charge in [0.05, 0.1) is 29.3 Å². The van der Waals surface area contributed by atoms with Gasteiger partial charge in [0.15, 0.2) is 0 Å². The number of carbonyl (C=O) groups is 3. The van der Waals surface area contributed by atoms with Crippen molar-refractivity contribution in [3.05, 3.63) is 142 Å². The smallest absolute Gasteiger partial charge is 0.408 e. The fourth-order valence-corrected chi connectivity index (χ4v) is 11.2. The number of carboxylic acid groups (broad SMARTS) is 2. The van der Waals surface area contributed by atoms with Crippen LogP contribution in [0.2, 0.25) is 0 Å². The van der Waals surface area contributed by atoms with Gasteiger partial charge in [0, 0.05) is 62.1 Å². The summed E-state index contributed by atoms with van der Waals surface area (Å²) in [6, 6.07) is 39.1. The average molecular weight is 862 g/mol. The van der Waals surface area contributed by atoms with Gasteiger partial charge in [0.1, 0.15) is 0 Å². The van der Waals surface area contributed by atoms with Crippen LogP contribution in [-0.2, 0) is 30.8 Å². The summed E-state index contributed by atoms with van der Waals surface area (Å²) >= 11 is 1.87. The Morgan fingerprint density at radius 3 is 1.98 bits per heavy atom. The minimum atomic E-state index is -0.930. The molecule has 1 aromatic heterocycles. The van der Waals surface area contributed by atoms with Crippen LogP contribution in [0.3, 0.4) is 0 Å². The van der Waals surface area contributed by atoms with E-state index in [0.717, 1.165) is 66.4 Å². The fourth-order valence-electron chi connectivity index (χ4n) is 9.61. The number of aliphatic carboxylic acids is 1. The highest BCUT2D eigenvalue weighted by Crippen LogP contribution is 2.40. The van der Waals surface area contributed by atoms with Crippen LogP contribution in [0, 0.1) is 5.92 Å². The lowest BCUT2D eigenvalue weighted by Gasteiger charge is -2.49. The second-order valence-electron chi connectivity index (χ2n) is 16.5. The first-order valence-corrected chi connectivity index (χ1v) is 22.9. The number of para-hydroxylation sites is 2. The van der Waals surface area contributed by atoms with Gasteiger partial charge in [0.25, 0.3) is 0 Å². The molecule has 2 unspecified atom stereocenters. The number of hydrogen-bond donors (Lipinski definition) is 5. The summed E-state index contributed by atoms with van der Waals surface area (Å²) < 4.78 is 3.73. The van der Waals surface area contributed by atoms with Crippen molar-refractivity contribution in [2.24, 2.45) is 11.7 Å². The van der Waals surface area contributed by atoms with E-state index in [-0.39, 0.29) is 42.2 Å². The van der Waals surface area contributed by atoms with Crippen LogP contribution in [0.1, 0.15) is 67.7 Å². The van der Waals surface area contributed by atoms with Gasteiger partial charge >= 0.3 is 23.8 Å². The molecule has 0 radical (unpaired) electrons. The van der Waals surface area contributed by atoms with Crippen molar-refractivity contribution in [2.45, 2.75) is 101 Å². The summed E-state index contributed by atoms with van der Waals surface area (Å²) in [5, 5.41) is 25.5. The third-order valence-corrected chi connectivity index (χ3v) is 13.9. The zero-order valence-corrected chi connectivity index (χ0v) is 36.0. The van der Waals surface area contributed by atoms with Gasteiger partial charge < -0.3 is 26.6 Å². The summed E-state index contributed by atoms with van der Waals surface area (Å²) in [5.74, 6) is 0.0936. The van der Waals surface area contributed by atoms with Gasteiger partial charge in [-0.1, -0.05) is 110 Å². The Labute approximate surface area is 367 Å². The number of piperidine rings is 1. The number of nitrogens with one attached hydrogen (secondary N) is 2. The number of thioether (sulfide) groups is 1. The van der Waals surface area contributed by atoms with Crippen LogP contribution >= 0.6 is 11.8 Å². The molecule has 3 amide bonds. The third-order valence-electron chi connectivity index (χ3n) is 12.4. The van der Waals surface area contributed by atoms with Crippen molar-refractivity contribution in [3.63, 3.8) is 0 Å². The van der Waals surface area contributed by atoms with E-state index in [1.165, 1.54) is 5.56 Å². The highest BCUT2D eigenvalue weighted by atomic mass is 32.2. The largest absolute Gasteiger partial charge is 0.481 e. The van der Waals surface area contributed by atoms with Gasteiger partial charge in [0.2, 0.25) is 0 Å². The summed E-state index contributed by atoms with van der Waals surface area (Å²) in [4.78, 5) is 52.7.